The second kappa shape index (κ2) is 11.0. The summed E-state index contributed by atoms with van der Waals surface area (Å²) < 4.78 is 6.11. The minimum Gasteiger partial charge on any atom is -0.486 e. The lowest BCUT2D eigenvalue weighted by atomic mass is 9.87. The Kier molecular flexibility index (Phi) is 7.32. The molecule has 1 atom stereocenters. The summed E-state index contributed by atoms with van der Waals surface area (Å²) >= 11 is 1.39. The van der Waals surface area contributed by atoms with Gasteiger partial charge >= 0.3 is 0 Å². The lowest BCUT2D eigenvalue weighted by Gasteiger charge is -2.38. The number of aromatic nitrogens is 1. The number of benzene rings is 3. The summed E-state index contributed by atoms with van der Waals surface area (Å²) in [7, 11) is 0. The molecule has 1 aliphatic heterocycles. The van der Waals surface area contributed by atoms with Crippen molar-refractivity contribution in [3.63, 3.8) is 0 Å². The average Bonchev–Trinajstić information content (AvgIpc) is 3.41. The van der Waals surface area contributed by atoms with Gasteiger partial charge in [-0.1, -0.05) is 61.0 Å². The smallest absolute Gasteiger partial charge is 0.275 e. The molecule has 4 aromatic rings. The molecule has 6 nitrogen and oxygen atoms in total. The molecule has 0 unspecified atom stereocenters. The highest BCUT2D eigenvalue weighted by atomic mass is 32.1. The Morgan fingerprint density at radius 1 is 1.08 bits per heavy atom. The molecule has 2 heterocycles. The van der Waals surface area contributed by atoms with E-state index < -0.39 is 0 Å². The van der Waals surface area contributed by atoms with Crippen LogP contribution in [0.5, 0.6) is 5.75 Å². The molecule has 0 fully saturated rings. The van der Waals surface area contributed by atoms with Gasteiger partial charge in [0.25, 0.3) is 5.91 Å². The number of fused-ring (bicyclic) bond motifs is 1. The van der Waals surface area contributed by atoms with Crippen molar-refractivity contribution >= 4 is 28.8 Å². The van der Waals surface area contributed by atoms with Crippen LogP contribution in [-0.2, 0) is 17.8 Å². The number of hydrogen-bond donors (Lipinski definition) is 1. The highest BCUT2D eigenvalue weighted by Gasteiger charge is 2.31. The Labute approximate surface area is 220 Å². The van der Waals surface area contributed by atoms with Gasteiger partial charge in [0.05, 0.1) is 6.04 Å². The lowest BCUT2D eigenvalue weighted by molar-refractivity contribution is -0.132. The summed E-state index contributed by atoms with van der Waals surface area (Å²) in [4.78, 5) is 31.8. The molecule has 0 aliphatic carbocycles. The Hall–Kier alpha value is -3.97. The lowest BCUT2D eigenvalue weighted by Crippen LogP contribution is -2.40. The molecular weight excluding hydrogens is 482 g/mol. The predicted molar refractivity (Wildman–Crippen MR) is 146 cm³/mol. The van der Waals surface area contributed by atoms with Crippen molar-refractivity contribution in [1.82, 2.24) is 9.88 Å². The van der Waals surface area contributed by atoms with Gasteiger partial charge < -0.3 is 15.0 Å². The van der Waals surface area contributed by atoms with E-state index in [1.807, 2.05) is 54.3 Å². The number of carbonyl (C=O) groups excluding carboxylic acids is 2. The molecule has 0 radical (unpaired) electrons. The highest BCUT2D eigenvalue weighted by Crippen LogP contribution is 2.37. The molecule has 3 aromatic carbocycles. The standard InChI is InChI=1S/C30H29N3O3S/c1-3-28(34)33-16-15-21-13-14-24(17-25(21)29(33)22-11-9-20(2)10-12-22)36-18-27-32-26(19-37-27)30(35)31-23-7-5-4-6-8-23/h4-14,17,19,29H,3,15-16,18H2,1-2H3,(H,31,35)/t29-/m0/s1. The minimum absolute atomic E-state index is 0.145. The molecular formula is C30H29N3O3S. The van der Waals surface area contributed by atoms with Crippen LogP contribution in [0.1, 0.15) is 57.1 Å². The minimum atomic E-state index is -0.246. The van der Waals surface area contributed by atoms with E-state index in [9.17, 15) is 9.59 Å². The van der Waals surface area contributed by atoms with Gasteiger partial charge in [-0.25, -0.2) is 4.98 Å². The van der Waals surface area contributed by atoms with E-state index in [1.54, 1.807) is 5.38 Å². The zero-order valence-corrected chi connectivity index (χ0v) is 21.8. The molecule has 0 saturated heterocycles. The van der Waals surface area contributed by atoms with Gasteiger partial charge in [-0.05, 0) is 54.3 Å². The summed E-state index contributed by atoms with van der Waals surface area (Å²) in [5.41, 5.74) is 5.70. The van der Waals surface area contributed by atoms with Crippen LogP contribution in [0.25, 0.3) is 0 Å². The molecule has 0 bridgehead atoms. The predicted octanol–water partition coefficient (Wildman–Crippen LogP) is 6.17. The highest BCUT2D eigenvalue weighted by molar-refractivity contribution is 7.09. The third kappa shape index (κ3) is 5.57. The van der Waals surface area contributed by atoms with Crippen molar-refractivity contribution in [2.45, 2.75) is 39.3 Å². The maximum Gasteiger partial charge on any atom is 0.275 e. The fourth-order valence-corrected chi connectivity index (χ4v) is 5.29. The number of nitrogens with one attached hydrogen (secondary N) is 1. The van der Waals surface area contributed by atoms with E-state index in [0.29, 0.717) is 29.4 Å². The molecule has 37 heavy (non-hydrogen) atoms. The van der Waals surface area contributed by atoms with Gasteiger partial charge in [-0.2, -0.15) is 0 Å². The van der Waals surface area contributed by atoms with Crippen molar-refractivity contribution in [2.75, 3.05) is 11.9 Å². The Morgan fingerprint density at radius 3 is 2.62 bits per heavy atom. The SMILES string of the molecule is CCC(=O)N1CCc2ccc(OCc3nc(C(=O)Nc4ccccc4)cs3)cc2[C@@H]1c1ccc(C)cc1. The zero-order valence-electron chi connectivity index (χ0n) is 20.9. The molecule has 0 saturated carbocycles. The number of para-hydroxylation sites is 1. The van der Waals surface area contributed by atoms with Crippen molar-refractivity contribution in [3.8, 4) is 5.75 Å². The molecule has 1 N–H and O–H groups in total. The Bertz CT molecular complexity index is 1400. The van der Waals surface area contributed by atoms with Crippen LogP contribution >= 0.6 is 11.3 Å². The molecule has 2 amide bonds. The van der Waals surface area contributed by atoms with Crippen LogP contribution in [0, 0.1) is 6.92 Å². The summed E-state index contributed by atoms with van der Waals surface area (Å²) in [5.74, 6) is 0.614. The number of amides is 2. The number of rotatable bonds is 7. The van der Waals surface area contributed by atoms with E-state index in [-0.39, 0.29) is 24.5 Å². The maximum absolute atomic E-state index is 12.9. The van der Waals surface area contributed by atoms with Gasteiger partial charge in [0.1, 0.15) is 23.1 Å². The van der Waals surface area contributed by atoms with Gasteiger partial charge in [-0.15, -0.1) is 11.3 Å². The van der Waals surface area contributed by atoms with Gasteiger partial charge in [0, 0.05) is 24.0 Å². The van der Waals surface area contributed by atoms with Crippen molar-refractivity contribution < 1.29 is 14.3 Å². The summed E-state index contributed by atoms with van der Waals surface area (Å²) in [5, 5.41) is 5.31. The van der Waals surface area contributed by atoms with Crippen molar-refractivity contribution in [3.05, 3.63) is 111 Å². The van der Waals surface area contributed by atoms with Crippen LogP contribution in [0.3, 0.4) is 0 Å². The second-order valence-electron chi connectivity index (χ2n) is 9.10. The summed E-state index contributed by atoms with van der Waals surface area (Å²) in [6.45, 7) is 4.93. The summed E-state index contributed by atoms with van der Waals surface area (Å²) in [6, 6.07) is 23.7. The van der Waals surface area contributed by atoms with Crippen LogP contribution < -0.4 is 10.1 Å². The quantitative estimate of drug-likeness (QED) is 0.322. The van der Waals surface area contributed by atoms with Gasteiger partial charge in [0.15, 0.2) is 0 Å². The third-order valence-electron chi connectivity index (χ3n) is 6.54. The number of ether oxygens (including phenoxy) is 1. The molecule has 7 heteroatoms. The third-order valence-corrected chi connectivity index (χ3v) is 7.36. The van der Waals surface area contributed by atoms with E-state index in [2.05, 4.69) is 47.6 Å². The van der Waals surface area contributed by atoms with Crippen molar-refractivity contribution in [1.29, 1.82) is 0 Å². The van der Waals surface area contributed by atoms with Gasteiger partial charge in [0.2, 0.25) is 5.91 Å². The monoisotopic (exact) mass is 511 g/mol. The van der Waals surface area contributed by atoms with Crippen molar-refractivity contribution in [2.24, 2.45) is 0 Å². The summed E-state index contributed by atoms with van der Waals surface area (Å²) in [6.07, 6.45) is 1.29. The van der Waals surface area contributed by atoms with Crippen LogP contribution in [0.15, 0.2) is 78.2 Å². The topological polar surface area (TPSA) is 71.5 Å². The number of hydrogen-bond acceptors (Lipinski definition) is 5. The normalized spacial score (nSPS) is 14.6. The molecule has 1 aliphatic rings. The number of aryl methyl sites for hydroxylation is 1. The van der Waals surface area contributed by atoms with Crippen LogP contribution in [0.4, 0.5) is 5.69 Å². The van der Waals surface area contributed by atoms with E-state index >= 15 is 0 Å². The maximum atomic E-state index is 12.9. The first kappa shape index (κ1) is 24.7. The Morgan fingerprint density at radius 2 is 1.86 bits per heavy atom. The molecule has 1 aromatic heterocycles. The first-order valence-corrected chi connectivity index (χ1v) is 13.3. The molecule has 5 rings (SSSR count). The molecule has 0 spiro atoms. The number of anilines is 1. The van der Waals surface area contributed by atoms with Gasteiger partial charge in [-0.3, -0.25) is 9.59 Å². The molecule has 188 valence electrons. The second-order valence-corrected chi connectivity index (χ2v) is 10.0. The van der Waals surface area contributed by atoms with E-state index in [0.717, 1.165) is 23.2 Å². The number of carbonyl (C=O) groups is 2. The van der Waals surface area contributed by atoms with Crippen LogP contribution in [-0.4, -0.2) is 28.2 Å². The largest absolute Gasteiger partial charge is 0.486 e. The first-order chi connectivity index (χ1) is 18.0. The fraction of sp³-hybridized carbons (Fsp3) is 0.233. The number of thiazole rings is 1. The van der Waals surface area contributed by atoms with E-state index in [4.69, 9.17) is 4.74 Å². The first-order valence-electron chi connectivity index (χ1n) is 12.4. The fourth-order valence-electron chi connectivity index (χ4n) is 4.61. The average molecular weight is 512 g/mol. The van der Waals surface area contributed by atoms with E-state index in [1.165, 1.54) is 22.5 Å². The Balaban J connectivity index is 1.33. The zero-order chi connectivity index (χ0) is 25.8. The number of nitrogens with zero attached hydrogens (tertiary/aromatic N) is 2. The van der Waals surface area contributed by atoms with Crippen LogP contribution in [0.2, 0.25) is 0 Å².